The van der Waals surface area contributed by atoms with E-state index in [-0.39, 0.29) is 12.1 Å². The zero-order chi connectivity index (χ0) is 17.9. The third kappa shape index (κ3) is 10.8. The Morgan fingerprint density at radius 2 is 1.96 bits per heavy atom. The van der Waals surface area contributed by atoms with Crippen molar-refractivity contribution in [2.45, 2.75) is 52.7 Å². The zero-order valence-corrected chi connectivity index (χ0v) is 15.7. The average molecular weight is 330 g/mol. The first-order valence-corrected chi connectivity index (χ1v) is 8.18. The van der Waals surface area contributed by atoms with Crippen molar-refractivity contribution in [3.05, 3.63) is 0 Å². The number of carbonyl (C=O) groups excluding carboxylic acids is 1. The third-order valence-corrected chi connectivity index (χ3v) is 3.10. The van der Waals surface area contributed by atoms with Gasteiger partial charge in [0.2, 0.25) is 0 Å². The van der Waals surface area contributed by atoms with Gasteiger partial charge in [-0.15, -0.1) is 0 Å². The fourth-order valence-corrected chi connectivity index (χ4v) is 1.68. The minimum atomic E-state index is -0.479. The molecule has 1 atom stereocenters. The molecular weight excluding hydrogens is 296 g/mol. The maximum absolute atomic E-state index is 12.0. The minimum Gasteiger partial charge on any atom is -0.444 e. The molecule has 0 saturated carbocycles. The van der Waals surface area contributed by atoms with Crippen molar-refractivity contribution in [1.29, 1.82) is 0 Å². The van der Waals surface area contributed by atoms with E-state index < -0.39 is 5.60 Å². The van der Waals surface area contributed by atoms with Crippen LogP contribution in [0.15, 0.2) is 4.99 Å². The first kappa shape index (κ1) is 21.5. The highest BCUT2D eigenvalue weighted by atomic mass is 16.6. The van der Waals surface area contributed by atoms with Crippen molar-refractivity contribution in [2.75, 3.05) is 40.4 Å². The second kappa shape index (κ2) is 11.1. The smallest absolute Gasteiger partial charge is 0.410 e. The van der Waals surface area contributed by atoms with Crippen LogP contribution in [0.4, 0.5) is 4.79 Å². The number of aliphatic imine (C=N–C) groups is 1. The molecule has 0 aromatic carbocycles. The van der Waals surface area contributed by atoms with E-state index in [0.717, 1.165) is 18.9 Å². The Bertz CT molecular complexity index is 367. The molecule has 0 saturated heterocycles. The Balaban J connectivity index is 4.34. The van der Waals surface area contributed by atoms with Crippen LogP contribution in [0.5, 0.6) is 0 Å². The summed E-state index contributed by atoms with van der Waals surface area (Å²) in [5.41, 5.74) is -0.479. The van der Waals surface area contributed by atoms with Crippen LogP contribution in [0.1, 0.15) is 41.0 Å². The summed E-state index contributed by atoms with van der Waals surface area (Å²) in [7, 11) is 3.42. The predicted octanol–water partition coefficient (Wildman–Crippen LogP) is 1.83. The van der Waals surface area contributed by atoms with Crippen LogP contribution in [0, 0.1) is 0 Å². The Hall–Kier alpha value is -1.50. The average Bonchev–Trinajstić information content (AvgIpc) is 2.44. The summed E-state index contributed by atoms with van der Waals surface area (Å²) >= 11 is 0. The lowest BCUT2D eigenvalue weighted by atomic mass is 10.2. The molecule has 0 heterocycles. The Morgan fingerprint density at radius 1 is 1.30 bits per heavy atom. The van der Waals surface area contributed by atoms with Gasteiger partial charge in [-0.1, -0.05) is 0 Å². The number of amides is 1. The van der Waals surface area contributed by atoms with Crippen LogP contribution in [0.2, 0.25) is 0 Å². The number of ether oxygens (including phenoxy) is 2. The van der Waals surface area contributed by atoms with Gasteiger partial charge in [0.15, 0.2) is 5.96 Å². The van der Waals surface area contributed by atoms with E-state index in [0.29, 0.717) is 19.7 Å². The molecule has 0 fully saturated rings. The van der Waals surface area contributed by atoms with Gasteiger partial charge in [0.1, 0.15) is 5.60 Å². The molecular formula is C16H34N4O3. The first-order valence-electron chi connectivity index (χ1n) is 8.18. The van der Waals surface area contributed by atoms with E-state index in [1.807, 2.05) is 34.6 Å². The molecule has 1 amide bonds. The van der Waals surface area contributed by atoms with Crippen LogP contribution in [-0.4, -0.2) is 69.0 Å². The molecule has 0 bridgehead atoms. The summed E-state index contributed by atoms with van der Waals surface area (Å²) in [4.78, 5) is 18.1. The molecule has 0 spiro atoms. The molecule has 0 radical (unpaired) electrons. The quantitative estimate of drug-likeness (QED) is 0.403. The monoisotopic (exact) mass is 330 g/mol. The summed E-state index contributed by atoms with van der Waals surface area (Å²) in [5, 5.41) is 6.36. The maximum atomic E-state index is 12.0. The van der Waals surface area contributed by atoms with Gasteiger partial charge in [-0.2, -0.15) is 0 Å². The van der Waals surface area contributed by atoms with Gasteiger partial charge >= 0.3 is 6.09 Å². The summed E-state index contributed by atoms with van der Waals surface area (Å²) in [6.45, 7) is 12.4. The van der Waals surface area contributed by atoms with Crippen molar-refractivity contribution < 1.29 is 14.3 Å². The van der Waals surface area contributed by atoms with Crippen molar-refractivity contribution in [2.24, 2.45) is 4.99 Å². The van der Waals surface area contributed by atoms with E-state index in [9.17, 15) is 4.79 Å². The van der Waals surface area contributed by atoms with Crippen molar-refractivity contribution >= 4 is 12.1 Å². The SMILES string of the molecule is CCNC(=NCCC(C)N(C)C(=O)OC(C)(C)C)NCCOC. The fourth-order valence-electron chi connectivity index (χ4n) is 1.68. The van der Waals surface area contributed by atoms with Gasteiger partial charge in [-0.3, -0.25) is 4.99 Å². The summed E-state index contributed by atoms with van der Waals surface area (Å²) < 4.78 is 10.4. The van der Waals surface area contributed by atoms with E-state index >= 15 is 0 Å². The van der Waals surface area contributed by atoms with Crippen LogP contribution in [-0.2, 0) is 9.47 Å². The molecule has 23 heavy (non-hydrogen) atoms. The lowest BCUT2D eigenvalue weighted by Gasteiger charge is -2.28. The fraction of sp³-hybridized carbons (Fsp3) is 0.875. The second-order valence-electron chi connectivity index (χ2n) is 6.41. The lowest BCUT2D eigenvalue weighted by Crippen LogP contribution is -2.40. The number of rotatable bonds is 8. The second-order valence-corrected chi connectivity index (χ2v) is 6.41. The molecule has 0 aliphatic rings. The maximum Gasteiger partial charge on any atom is 0.410 e. The van der Waals surface area contributed by atoms with E-state index in [1.54, 1.807) is 19.1 Å². The molecule has 1 unspecified atom stereocenters. The van der Waals surface area contributed by atoms with Crippen LogP contribution >= 0.6 is 0 Å². The third-order valence-electron chi connectivity index (χ3n) is 3.10. The summed E-state index contributed by atoms with van der Waals surface area (Å²) in [5.74, 6) is 0.761. The number of hydrogen-bond acceptors (Lipinski definition) is 4. The predicted molar refractivity (Wildman–Crippen MR) is 93.9 cm³/mol. The van der Waals surface area contributed by atoms with E-state index in [2.05, 4.69) is 15.6 Å². The standard InChI is InChI=1S/C16H34N4O3/c1-8-17-14(19-11-12-22-7)18-10-9-13(2)20(6)15(21)23-16(3,4)5/h13H,8-12H2,1-7H3,(H2,17,18,19). The topological polar surface area (TPSA) is 75.2 Å². The van der Waals surface area contributed by atoms with E-state index in [1.165, 1.54) is 0 Å². The Morgan fingerprint density at radius 3 is 2.48 bits per heavy atom. The number of guanidine groups is 1. The zero-order valence-electron chi connectivity index (χ0n) is 15.7. The highest BCUT2D eigenvalue weighted by molar-refractivity contribution is 5.79. The summed E-state index contributed by atoms with van der Waals surface area (Å²) in [6.07, 6.45) is 0.454. The van der Waals surface area contributed by atoms with Crippen molar-refractivity contribution in [3.8, 4) is 0 Å². The van der Waals surface area contributed by atoms with Gasteiger partial charge in [0, 0.05) is 39.8 Å². The molecule has 0 aromatic heterocycles. The molecule has 136 valence electrons. The van der Waals surface area contributed by atoms with Crippen molar-refractivity contribution in [3.63, 3.8) is 0 Å². The van der Waals surface area contributed by atoms with Gasteiger partial charge in [-0.25, -0.2) is 4.79 Å². The van der Waals surface area contributed by atoms with Crippen molar-refractivity contribution in [1.82, 2.24) is 15.5 Å². The van der Waals surface area contributed by atoms with Crippen LogP contribution in [0.25, 0.3) is 0 Å². The van der Waals surface area contributed by atoms with E-state index in [4.69, 9.17) is 9.47 Å². The van der Waals surface area contributed by atoms with Gasteiger partial charge in [0.05, 0.1) is 6.61 Å². The van der Waals surface area contributed by atoms with Crippen LogP contribution in [0.3, 0.4) is 0 Å². The Kier molecular flexibility index (Phi) is 10.4. The number of nitrogens with zero attached hydrogens (tertiary/aromatic N) is 2. The molecule has 2 N–H and O–H groups in total. The lowest BCUT2D eigenvalue weighted by molar-refractivity contribution is 0.0231. The van der Waals surface area contributed by atoms with Gasteiger partial charge in [-0.05, 0) is 41.0 Å². The largest absolute Gasteiger partial charge is 0.444 e. The molecule has 7 heteroatoms. The highest BCUT2D eigenvalue weighted by Crippen LogP contribution is 2.11. The Labute approximate surface area is 140 Å². The van der Waals surface area contributed by atoms with Crippen LogP contribution < -0.4 is 10.6 Å². The normalized spacial score (nSPS) is 13.4. The number of methoxy groups -OCH3 is 1. The molecule has 7 nitrogen and oxygen atoms in total. The minimum absolute atomic E-state index is 0.0513. The number of carbonyl (C=O) groups is 1. The highest BCUT2D eigenvalue weighted by Gasteiger charge is 2.22. The van der Waals surface area contributed by atoms with Gasteiger partial charge < -0.3 is 25.0 Å². The molecule has 0 rings (SSSR count). The number of hydrogen-bond donors (Lipinski definition) is 2. The molecule has 0 aromatic rings. The number of nitrogens with one attached hydrogen (secondary N) is 2. The summed E-state index contributed by atoms with van der Waals surface area (Å²) in [6, 6.07) is 0.0513. The molecule has 0 aliphatic heterocycles. The molecule has 0 aliphatic carbocycles. The van der Waals surface area contributed by atoms with Gasteiger partial charge in [0.25, 0.3) is 0 Å². The first-order chi connectivity index (χ1) is 10.7.